The lowest BCUT2D eigenvalue weighted by Gasteiger charge is -2.29. The Morgan fingerprint density at radius 3 is 2.60 bits per heavy atom. The van der Waals surface area contributed by atoms with Crippen molar-refractivity contribution in [1.82, 2.24) is 5.32 Å². The molecule has 1 N–H and O–H groups in total. The van der Waals surface area contributed by atoms with Gasteiger partial charge in [-0.15, -0.1) is 0 Å². The van der Waals surface area contributed by atoms with Gasteiger partial charge in [0.1, 0.15) is 5.54 Å². The molecule has 0 saturated heterocycles. The Kier molecular flexibility index (Phi) is 7.52. The summed E-state index contributed by atoms with van der Waals surface area (Å²) in [4.78, 5) is 11.9. The summed E-state index contributed by atoms with van der Waals surface area (Å²) in [5, 5.41) is 3.35. The average Bonchev–Trinajstić information content (AvgIpc) is 3.24. The predicted molar refractivity (Wildman–Crippen MR) is 80.8 cm³/mol. The van der Waals surface area contributed by atoms with Crippen LogP contribution in [0.4, 0.5) is 0 Å². The second kappa shape index (κ2) is 8.63. The Balaban J connectivity index is 2.31. The molecule has 118 valence electrons. The molecule has 1 rings (SSSR count). The van der Waals surface area contributed by atoms with Crippen molar-refractivity contribution in [3.63, 3.8) is 0 Å². The number of methoxy groups -OCH3 is 1. The summed E-state index contributed by atoms with van der Waals surface area (Å²) in [6.45, 7) is 6.55. The van der Waals surface area contributed by atoms with Crippen LogP contribution in [0.1, 0.15) is 65.7 Å². The van der Waals surface area contributed by atoms with Crippen LogP contribution in [0.3, 0.4) is 0 Å². The van der Waals surface area contributed by atoms with Gasteiger partial charge in [-0.05, 0) is 33.1 Å². The minimum atomic E-state index is -0.715. The molecule has 1 fully saturated rings. The molecule has 0 aromatic heterocycles. The van der Waals surface area contributed by atoms with Crippen LogP contribution in [-0.4, -0.2) is 37.4 Å². The van der Waals surface area contributed by atoms with Crippen LogP contribution in [0, 0.1) is 0 Å². The minimum absolute atomic E-state index is 0.192. The number of nitrogens with one attached hydrogen (secondary N) is 1. The van der Waals surface area contributed by atoms with Crippen molar-refractivity contribution >= 4 is 5.97 Å². The Morgan fingerprint density at radius 1 is 1.35 bits per heavy atom. The van der Waals surface area contributed by atoms with Gasteiger partial charge in [-0.25, -0.2) is 4.79 Å². The molecule has 20 heavy (non-hydrogen) atoms. The second-order valence-electron chi connectivity index (χ2n) is 6.21. The van der Waals surface area contributed by atoms with Crippen molar-refractivity contribution in [2.45, 2.75) is 83.4 Å². The Hall–Kier alpha value is -0.610. The molecule has 0 bridgehead atoms. The summed E-state index contributed by atoms with van der Waals surface area (Å²) in [7, 11) is 1.43. The summed E-state index contributed by atoms with van der Waals surface area (Å²) >= 11 is 0. The fourth-order valence-electron chi connectivity index (χ4n) is 2.31. The first-order valence-corrected chi connectivity index (χ1v) is 7.99. The van der Waals surface area contributed by atoms with Crippen LogP contribution in [-0.2, 0) is 14.3 Å². The van der Waals surface area contributed by atoms with Crippen molar-refractivity contribution in [3.05, 3.63) is 0 Å². The first-order chi connectivity index (χ1) is 9.51. The molecular formula is C16H31NO3. The first kappa shape index (κ1) is 17.4. The van der Waals surface area contributed by atoms with E-state index >= 15 is 0 Å². The van der Waals surface area contributed by atoms with Crippen molar-refractivity contribution in [2.24, 2.45) is 0 Å². The van der Waals surface area contributed by atoms with Crippen molar-refractivity contribution in [2.75, 3.05) is 13.7 Å². The Morgan fingerprint density at radius 2 is 2.05 bits per heavy atom. The minimum Gasteiger partial charge on any atom is -0.468 e. The maximum absolute atomic E-state index is 11.9. The highest BCUT2D eigenvalue weighted by molar-refractivity contribution is 5.80. The van der Waals surface area contributed by atoms with E-state index < -0.39 is 5.54 Å². The maximum Gasteiger partial charge on any atom is 0.328 e. The molecule has 0 amide bonds. The van der Waals surface area contributed by atoms with Crippen LogP contribution < -0.4 is 5.32 Å². The van der Waals surface area contributed by atoms with Crippen LogP contribution in [0.2, 0.25) is 0 Å². The quantitative estimate of drug-likeness (QED) is 0.468. The van der Waals surface area contributed by atoms with Crippen LogP contribution in [0.15, 0.2) is 0 Å². The van der Waals surface area contributed by atoms with Crippen molar-refractivity contribution in [3.8, 4) is 0 Å². The largest absolute Gasteiger partial charge is 0.468 e. The fraction of sp³-hybridized carbons (Fsp3) is 0.938. The third kappa shape index (κ3) is 6.23. The van der Waals surface area contributed by atoms with Gasteiger partial charge in [0.15, 0.2) is 0 Å². The van der Waals surface area contributed by atoms with Gasteiger partial charge in [-0.3, -0.25) is 5.32 Å². The van der Waals surface area contributed by atoms with E-state index in [-0.39, 0.29) is 12.1 Å². The fourth-order valence-corrected chi connectivity index (χ4v) is 2.31. The van der Waals surface area contributed by atoms with Gasteiger partial charge in [0.05, 0.1) is 19.8 Å². The molecule has 2 atom stereocenters. The SMILES string of the molecule is CCCCCCC(C)OCC(C)(NC1CC1)C(=O)OC. The average molecular weight is 285 g/mol. The Labute approximate surface area is 123 Å². The molecule has 0 aliphatic heterocycles. The van der Waals surface area contributed by atoms with E-state index in [1.807, 2.05) is 6.92 Å². The van der Waals surface area contributed by atoms with Crippen LogP contribution in [0.5, 0.6) is 0 Å². The second-order valence-corrected chi connectivity index (χ2v) is 6.21. The lowest BCUT2D eigenvalue weighted by Crippen LogP contribution is -2.55. The molecule has 2 unspecified atom stereocenters. The van der Waals surface area contributed by atoms with Gasteiger partial charge < -0.3 is 9.47 Å². The highest BCUT2D eigenvalue weighted by Gasteiger charge is 2.40. The maximum atomic E-state index is 11.9. The van der Waals surface area contributed by atoms with E-state index in [4.69, 9.17) is 9.47 Å². The predicted octanol–water partition coefficient (Wildman–Crippen LogP) is 3.05. The van der Waals surface area contributed by atoms with Crippen molar-refractivity contribution < 1.29 is 14.3 Å². The molecule has 1 saturated carbocycles. The normalized spacial score (nSPS) is 19.4. The van der Waals surface area contributed by atoms with Gasteiger partial charge in [0.2, 0.25) is 0 Å². The summed E-state index contributed by atoms with van der Waals surface area (Å²) in [6, 6.07) is 0.447. The van der Waals surface area contributed by atoms with Crippen LogP contribution >= 0.6 is 0 Å². The molecule has 1 aliphatic carbocycles. The molecular weight excluding hydrogens is 254 g/mol. The van der Waals surface area contributed by atoms with Gasteiger partial charge in [0.25, 0.3) is 0 Å². The monoisotopic (exact) mass is 285 g/mol. The lowest BCUT2D eigenvalue weighted by atomic mass is 10.0. The van der Waals surface area contributed by atoms with Gasteiger partial charge >= 0.3 is 5.97 Å². The number of ether oxygens (including phenoxy) is 2. The van der Waals surface area contributed by atoms with E-state index in [1.165, 1.54) is 32.8 Å². The standard InChI is InChI=1S/C16H31NO3/c1-5-6-7-8-9-13(2)20-12-16(3,15(18)19-4)17-14-10-11-14/h13-14,17H,5-12H2,1-4H3. The van der Waals surface area contributed by atoms with E-state index in [0.717, 1.165) is 19.3 Å². The number of rotatable bonds is 11. The molecule has 0 radical (unpaired) electrons. The highest BCUT2D eigenvalue weighted by atomic mass is 16.5. The molecule has 0 heterocycles. The Bertz CT molecular complexity index is 291. The summed E-state index contributed by atoms with van der Waals surface area (Å²) in [6.07, 6.45) is 8.52. The third-order valence-electron chi connectivity index (χ3n) is 3.86. The van der Waals surface area contributed by atoms with Gasteiger partial charge in [0, 0.05) is 6.04 Å². The molecule has 4 heteroatoms. The molecule has 4 nitrogen and oxygen atoms in total. The van der Waals surface area contributed by atoms with E-state index in [1.54, 1.807) is 0 Å². The smallest absolute Gasteiger partial charge is 0.328 e. The molecule has 1 aliphatic rings. The summed E-state index contributed by atoms with van der Waals surface area (Å²) in [5.41, 5.74) is -0.715. The van der Waals surface area contributed by atoms with Gasteiger partial charge in [-0.1, -0.05) is 32.6 Å². The van der Waals surface area contributed by atoms with E-state index in [2.05, 4.69) is 19.2 Å². The molecule has 0 aromatic carbocycles. The topological polar surface area (TPSA) is 47.6 Å². The zero-order chi connectivity index (χ0) is 15.0. The van der Waals surface area contributed by atoms with Crippen molar-refractivity contribution in [1.29, 1.82) is 0 Å². The summed E-state index contributed by atoms with van der Waals surface area (Å²) < 4.78 is 10.8. The summed E-state index contributed by atoms with van der Waals surface area (Å²) in [5.74, 6) is -0.234. The van der Waals surface area contributed by atoms with E-state index in [0.29, 0.717) is 12.6 Å². The zero-order valence-corrected chi connectivity index (χ0v) is 13.5. The first-order valence-electron chi connectivity index (χ1n) is 7.99. The zero-order valence-electron chi connectivity index (χ0n) is 13.5. The number of hydrogen-bond acceptors (Lipinski definition) is 4. The lowest BCUT2D eigenvalue weighted by molar-refractivity contribution is -0.151. The number of carbonyl (C=O) groups excluding carboxylic acids is 1. The van der Waals surface area contributed by atoms with Crippen LogP contribution in [0.25, 0.3) is 0 Å². The number of esters is 1. The molecule has 0 aromatic rings. The number of hydrogen-bond donors (Lipinski definition) is 1. The highest BCUT2D eigenvalue weighted by Crippen LogP contribution is 2.24. The van der Waals surface area contributed by atoms with Gasteiger partial charge in [-0.2, -0.15) is 0 Å². The third-order valence-corrected chi connectivity index (χ3v) is 3.86. The number of unbranched alkanes of at least 4 members (excludes halogenated alkanes) is 3. The van der Waals surface area contributed by atoms with E-state index in [9.17, 15) is 4.79 Å². The molecule has 0 spiro atoms. The number of carbonyl (C=O) groups is 1.